The first kappa shape index (κ1) is 16.1. The number of hydrogen-bond acceptors (Lipinski definition) is 5. The predicted octanol–water partition coefficient (Wildman–Crippen LogP) is -1.77. The summed E-state index contributed by atoms with van der Waals surface area (Å²) in [7, 11) is -1.97. The molecular weight excluding hydrogens is 290 g/mol. The maximum absolute atomic E-state index is 12.1. The van der Waals surface area contributed by atoms with Gasteiger partial charge in [-0.15, -0.1) is 0 Å². The van der Waals surface area contributed by atoms with E-state index in [2.05, 4.69) is 0 Å². The van der Waals surface area contributed by atoms with Crippen molar-refractivity contribution in [2.75, 3.05) is 0 Å². The standard InChI is InChI=1S/C10H15N3O6S/c1-10(2,8(15)16)11-20(18,19)6-5-12(3)9(17)13(4)7(6)14/h5,11H,1-4H3,(H,15,16). The highest BCUT2D eigenvalue weighted by molar-refractivity contribution is 7.89. The van der Waals surface area contributed by atoms with Crippen molar-refractivity contribution >= 4 is 16.0 Å². The molecule has 0 atom stereocenters. The van der Waals surface area contributed by atoms with Gasteiger partial charge in [-0.3, -0.25) is 14.2 Å². The van der Waals surface area contributed by atoms with Crippen LogP contribution in [0.3, 0.4) is 0 Å². The normalized spacial score (nSPS) is 12.4. The average molecular weight is 305 g/mol. The van der Waals surface area contributed by atoms with E-state index in [9.17, 15) is 22.8 Å². The number of sulfonamides is 1. The van der Waals surface area contributed by atoms with E-state index in [0.717, 1.165) is 31.7 Å². The van der Waals surface area contributed by atoms with Crippen LogP contribution >= 0.6 is 0 Å². The molecule has 0 fully saturated rings. The number of hydrogen-bond donors (Lipinski definition) is 2. The lowest BCUT2D eigenvalue weighted by molar-refractivity contribution is -0.142. The lowest BCUT2D eigenvalue weighted by atomic mass is 10.1. The Hall–Kier alpha value is -1.94. The Morgan fingerprint density at radius 1 is 1.30 bits per heavy atom. The maximum atomic E-state index is 12.1. The summed E-state index contributed by atoms with van der Waals surface area (Å²) in [5.41, 5.74) is -3.51. The Bertz CT molecular complexity index is 771. The van der Waals surface area contributed by atoms with Crippen LogP contribution in [0.4, 0.5) is 0 Å². The number of aryl methyl sites for hydroxylation is 1. The van der Waals surface area contributed by atoms with E-state index < -0.39 is 37.7 Å². The van der Waals surface area contributed by atoms with Gasteiger partial charge in [0.05, 0.1) is 0 Å². The molecule has 20 heavy (non-hydrogen) atoms. The number of nitrogens with zero attached hydrogens (tertiary/aromatic N) is 2. The molecule has 10 heteroatoms. The molecule has 1 aromatic heterocycles. The molecular formula is C10H15N3O6S. The first-order chi connectivity index (χ1) is 8.90. The summed E-state index contributed by atoms with van der Waals surface area (Å²) < 4.78 is 27.6. The predicted molar refractivity (Wildman–Crippen MR) is 69.0 cm³/mol. The summed E-state index contributed by atoms with van der Waals surface area (Å²) in [6.45, 7) is 2.28. The van der Waals surface area contributed by atoms with Gasteiger partial charge in [-0.1, -0.05) is 0 Å². The molecule has 0 aliphatic carbocycles. The van der Waals surface area contributed by atoms with Gasteiger partial charge in [0.1, 0.15) is 5.54 Å². The Labute approximate surface area is 114 Å². The molecule has 112 valence electrons. The maximum Gasteiger partial charge on any atom is 0.330 e. The molecule has 0 unspecified atom stereocenters. The summed E-state index contributed by atoms with van der Waals surface area (Å²) >= 11 is 0. The SMILES string of the molecule is Cn1cc(S(=O)(=O)NC(C)(C)C(=O)O)c(=O)n(C)c1=O. The van der Waals surface area contributed by atoms with Crippen LogP contribution in [-0.2, 0) is 28.9 Å². The van der Waals surface area contributed by atoms with Crippen LogP contribution < -0.4 is 16.0 Å². The first-order valence-electron chi connectivity index (χ1n) is 5.44. The van der Waals surface area contributed by atoms with Crippen molar-refractivity contribution in [1.82, 2.24) is 13.9 Å². The Balaban J connectivity index is 3.50. The molecule has 0 bridgehead atoms. The zero-order valence-electron chi connectivity index (χ0n) is 11.4. The van der Waals surface area contributed by atoms with Gasteiger partial charge in [0.15, 0.2) is 4.90 Å². The third kappa shape index (κ3) is 2.80. The molecule has 0 saturated heterocycles. The minimum atomic E-state index is -4.38. The smallest absolute Gasteiger partial charge is 0.330 e. The molecule has 2 N–H and O–H groups in total. The zero-order chi connectivity index (χ0) is 15.9. The topological polar surface area (TPSA) is 127 Å². The highest BCUT2D eigenvalue weighted by atomic mass is 32.2. The number of nitrogens with one attached hydrogen (secondary N) is 1. The number of aromatic nitrogens is 2. The highest BCUT2D eigenvalue weighted by Gasteiger charge is 2.34. The molecule has 0 aliphatic heterocycles. The van der Waals surface area contributed by atoms with E-state index in [4.69, 9.17) is 5.11 Å². The van der Waals surface area contributed by atoms with Crippen molar-refractivity contribution in [3.05, 3.63) is 27.0 Å². The Kier molecular flexibility index (Phi) is 3.92. The van der Waals surface area contributed by atoms with Crippen molar-refractivity contribution in [1.29, 1.82) is 0 Å². The van der Waals surface area contributed by atoms with E-state index >= 15 is 0 Å². The third-order valence-electron chi connectivity index (χ3n) is 2.63. The number of aliphatic carboxylic acids is 1. The Morgan fingerprint density at radius 2 is 1.80 bits per heavy atom. The second-order valence-electron chi connectivity index (χ2n) is 4.79. The van der Waals surface area contributed by atoms with Crippen molar-refractivity contribution in [3.63, 3.8) is 0 Å². The van der Waals surface area contributed by atoms with Crippen LogP contribution in [0.1, 0.15) is 13.8 Å². The van der Waals surface area contributed by atoms with Gasteiger partial charge in [0.2, 0.25) is 10.0 Å². The third-order valence-corrected chi connectivity index (χ3v) is 4.27. The van der Waals surface area contributed by atoms with Crippen LogP contribution in [0.15, 0.2) is 20.7 Å². The van der Waals surface area contributed by atoms with E-state index in [0.29, 0.717) is 4.57 Å². The summed E-state index contributed by atoms with van der Waals surface area (Å²) in [5, 5.41) is 8.91. The summed E-state index contributed by atoms with van der Waals surface area (Å²) in [6, 6.07) is 0. The van der Waals surface area contributed by atoms with Gasteiger partial charge in [-0.25, -0.2) is 13.2 Å². The number of carboxylic acid groups (broad SMARTS) is 1. The molecule has 0 radical (unpaired) electrons. The molecule has 0 aliphatic rings. The van der Waals surface area contributed by atoms with Crippen LogP contribution in [-0.4, -0.2) is 34.2 Å². The van der Waals surface area contributed by atoms with E-state index in [1.165, 1.54) is 7.05 Å². The second kappa shape index (κ2) is 4.87. The van der Waals surface area contributed by atoms with Gasteiger partial charge < -0.3 is 9.67 Å². The summed E-state index contributed by atoms with van der Waals surface area (Å²) in [4.78, 5) is 33.5. The second-order valence-corrected chi connectivity index (χ2v) is 6.44. The van der Waals surface area contributed by atoms with E-state index in [1.807, 2.05) is 4.72 Å². The molecule has 0 saturated carbocycles. The van der Waals surface area contributed by atoms with Gasteiger partial charge >= 0.3 is 11.7 Å². The van der Waals surface area contributed by atoms with Gasteiger partial charge in [-0.05, 0) is 13.8 Å². The van der Waals surface area contributed by atoms with Crippen LogP contribution in [0.25, 0.3) is 0 Å². The van der Waals surface area contributed by atoms with Crippen molar-refractivity contribution < 1.29 is 18.3 Å². The first-order valence-corrected chi connectivity index (χ1v) is 6.92. The molecule has 1 heterocycles. The zero-order valence-corrected chi connectivity index (χ0v) is 12.2. The minimum Gasteiger partial charge on any atom is -0.480 e. The van der Waals surface area contributed by atoms with Crippen LogP contribution in [0.2, 0.25) is 0 Å². The fourth-order valence-electron chi connectivity index (χ4n) is 1.39. The molecule has 0 amide bonds. The molecule has 1 aromatic rings. The van der Waals surface area contributed by atoms with E-state index in [-0.39, 0.29) is 0 Å². The molecule has 9 nitrogen and oxygen atoms in total. The van der Waals surface area contributed by atoms with Gasteiger partial charge in [0.25, 0.3) is 5.56 Å². The highest BCUT2D eigenvalue weighted by Crippen LogP contribution is 2.09. The fraction of sp³-hybridized carbons (Fsp3) is 0.500. The van der Waals surface area contributed by atoms with E-state index in [1.54, 1.807) is 0 Å². The number of rotatable bonds is 4. The van der Waals surface area contributed by atoms with Crippen molar-refractivity contribution in [3.8, 4) is 0 Å². The molecule has 1 rings (SSSR count). The lowest BCUT2D eigenvalue weighted by Gasteiger charge is -2.20. The van der Waals surface area contributed by atoms with Gasteiger partial charge in [-0.2, -0.15) is 4.72 Å². The quantitative estimate of drug-likeness (QED) is 0.677. The van der Waals surface area contributed by atoms with Gasteiger partial charge in [0, 0.05) is 20.3 Å². The van der Waals surface area contributed by atoms with Crippen LogP contribution in [0, 0.1) is 0 Å². The fourth-order valence-corrected chi connectivity index (χ4v) is 2.93. The number of carboxylic acids is 1. The summed E-state index contributed by atoms with van der Waals surface area (Å²) in [6.07, 6.45) is 0.852. The van der Waals surface area contributed by atoms with Crippen molar-refractivity contribution in [2.24, 2.45) is 14.1 Å². The molecule has 0 aromatic carbocycles. The number of carbonyl (C=O) groups is 1. The molecule has 0 spiro atoms. The lowest BCUT2D eigenvalue weighted by Crippen LogP contribution is -2.51. The monoisotopic (exact) mass is 305 g/mol. The largest absolute Gasteiger partial charge is 0.480 e. The Morgan fingerprint density at radius 3 is 2.25 bits per heavy atom. The van der Waals surface area contributed by atoms with Crippen LogP contribution in [0.5, 0.6) is 0 Å². The average Bonchev–Trinajstić information content (AvgIpc) is 2.29. The minimum absolute atomic E-state index is 0.627. The summed E-state index contributed by atoms with van der Waals surface area (Å²) in [5.74, 6) is -1.40. The van der Waals surface area contributed by atoms with Crippen molar-refractivity contribution in [2.45, 2.75) is 24.3 Å².